The first-order chi connectivity index (χ1) is 7.29. The fourth-order valence-electron chi connectivity index (χ4n) is 1.89. The Hall–Kier alpha value is -0.580. The molecule has 1 aliphatic rings. The molecular formula is C11H16BrN3. The largest absolute Gasteiger partial charge is 0.369 e. The zero-order valence-corrected chi connectivity index (χ0v) is 10.2. The van der Waals surface area contributed by atoms with Crippen LogP contribution in [0, 0.1) is 0 Å². The topological polar surface area (TPSA) is 41.3 Å². The lowest BCUT2D eigenvalue weighted by molar-refractivity contribution is 0.463. The molecule has 0 radical (unpaired) electrons. The van der Waals surface area contributed by atoms with Gasteiger partial charge in [0.15, 0.2) is 0 Å². The third kappa shape index (κ3) is 2.71. The first-order valence-electron chi connectivity index (χ1n) is 5.23. The SMILES string of the molecule is NCC1CN(c2cccc(Br)c2)CCN1. The Labute approximate surface area is 98.8 Å². The molecule has 1 saturated heterocycles. The highest BCUT2D eigenvalue weighted by atomic mass is 79.9. The van der Waals surface area contributed by atoms with Crippen LogP contribution in [0.25, 0.3) is 0 Å². The van der Waals surface area contributed by atoms with Crippen LogP contribution in [0.5, 0.6) is 0 Å². The summed E-state index contributed by atoms with van der Waals surface area (Å²) < 4.78 is 1.13. The lowest BCUT2D eigenvalue weighted by Gasteiger charge is -2.34. The lowest BCUT2D eigenvalue weighted by atomic mass is 10.2. The second kappa shape index (κ2) is 4.96. The molecule has 82 valence electrons. The van der Waals surface area contributed by atoms with Crippen molar-refractivity contribution in [1.29, 1.82) is 0 Å². The minimum Gasteiger partial charge on any atom is -0.369 e. The Morgan fingerprint density at radius 2 is 2.40 bits per heavy atom. The third-order valence-electron chi connectivity index (χ3n) is 2.71. The summed E-state index contributed by atoms with van der Waals surface area (Å²) in [4.78, 5) is 2.37. The smallest absolute Gasteiger partial charge is 0.0378 e. The van der Waals surface area contributed by atoms with Crippen LogP contribution in [-0.2, 0) is 0 Å². The van der Waals surface area contributed by atoms with Crippen molar-refractivity contribution in [3.63, 3.8) is 0 Å². The van der Waals surface area contributed by atoms with Gasteiger partial charge in [-0.25, -0.2) is 0 Å². The van der Waals surface area contributed by atoms with E-state index in [4.69, 9.17) is 5.73 Å². The van der Waals surface area contributed by atoms with Crippen LogP contribution in [0.1, 0.15) is 0 Å². The molecule has 2 rings (SSSR count). The van der Waals surface area contributed by atoms with Crippen molar-refractivity contribution < 1.29 is 0 Å². The van der Waals surface area contributed by atoms with Gasteiger partial charge in [0, 0.05) is 42.4 Å². The number of hydrogen-bond acceptors (Lipinski definition) is 3. The zero-order chi connectivity index (χ0) is 10.7. The van der Waals surface area contributed by atoms with Gasteiger partial charge in [-0.1, -0.05) is 22.0 Å². The van der Waals surface area contributed by atoms with E-state index in [2.05, 4.69) is 44.3 Å². The monoisotopic (exact) mass is 269 g/mol. The zero-order valence-electron chi connectivity index (χ0n) is 8.62. The number of nitrogens with two attached hydrogens (primary N) is 1. The van der Waals surface area contributed by atoms with Crippen LogP contribution in [0.2, 0.25) is 0 Å². The fourth-order valence-corrected chi connectivity index (χ4v) is 2.28. The summed E-state index contributed by atoms with van der Waals surface area (Å²) in [7, 11) is 0. The second-order valence-electron chi connectivity index (χ2n) is 3.81. The highest BCUT2D eigenvalue weighted by molar-refractivity contribution is 9.10. The van der Waals surface area contributed by atoms with Crippen LogP contribution in [0.3, 0.4) is 0 Å². The van der Waals surface area contributed by atoms with Crippen molar-refractivity contribution >= 4 is 21.6 Å². The summed E-state index contributed by atoms with van der Waals surface area (Å²) in [5.41, 5.74) is 6.94. The standard InChI is InChI=1S/C11H16BrN3/c12-9-2-1-3-11(6-9)15-5-4-14-10(7-13)8-15/h1-3,6,10,14H,4-5,7-8,13H2. The van der Waals surface area contributed by atoms with E-state index in [1.54, 1.807) is 0 Å². The molecule has 1 aliphatic heterocycles. The number of nitrogens with one attached hydrogen (secondary N) is 1. The lowest BCUT2D eigenvalue weighted by Crippen LogP contribution is -2.53. The van der Waals surface area contributed by atoms with E-state index in [0.29, 0.717) is 12.6 Å². The number of piperazine rings is 1. The van der Waals surface area contributed by atoms with Gasteiger partial charge in [0.25, 0.3) is 0 Å². The predicted molar refractivity (Wildman–Crippen MR) is 67.2 cm³/mol. The normalized spacial score (nSPS) is 21.7. The van der Waals surface area contributed by atoms with Gasteiger partial charge in [-0.15, -0.1) is 0 Å². The molecule has 3 N–H and O–H groups in total. The number of hydrogen-bond donors (Lipinski definition) is 2. The molecule has 0 saturated carbocycles. The van der Waals surface area contributed by atoms with E-state index < -0.39 is 0 Å². The van der Waals surface area contributed by atoms with Crippen LogP contribution in [-0.4, -0.2) is 32.2 Å². The molecule has 0 amide bonds. The molecule has 0 bridgehead atoms. The minimum absolute atomic E-state index is 0.415. The molecule has 1 unspecified atom stereocenters. The number of benzene rings is 1. The van der Waals surface area contributed by atoms with Gasteiger partial charge in [0.2, 0.25) is 0 Å². The Bertz CT molecular complexity index is 329. The summed E-state index contributed by atoms with van der Waals surface area (Å²) in [5, 5.41) is 3.40. The molecule has 0 aliphatic carbocycles. The molecule has 1 heterocycles. The van der Waals surface area contributed by atoms with Crippen molar-refractivity contribution in [2.75, 3.05) is 31.1 Å². The summed E-state index contributed by atoms with van der Waals surface area (Å²) in [5.74, 6) is 0. The van der Waals surface area contributed by atoms with E-state index >= 15 is 0 Å². The molecule has 1 aromatic carbocycles. The van der Waals surface area contributed by atoms with E-state index in [0.717, 1.165) is 24.1 Å². The van der Waals surface area contributed by atoms with Gasteiger partial charge in [-0.05, 0) is 18.2 Å². The van der Waals surface area contributed by atoms with Crippen molar-refractivity contribution in [3.05, 3.63) is 28.7 Å². The van der Waals surface area contributed by atoms with Crippen LogP contribution < -0.4 is 16.0 Å². The van der Waals surface area contributed by atoms with Crippen LogP contribution in [0.4, 0.5) is 5.69 Å². The number of halogens is 1. The third-order valence-corrected chi connectivity index (χ3v) is 3.21. The maximum Gasteiger partial charge on any atom is 0.0378 e. The van der Waals surface area contributed by atoms with Gasteiger partial charge >= 0.3 is 0 Å². The van der Waals surface area contributed by atoms with Crippen LogP contribution >= 0.6 is 15.9 Å². The summed E-state index contributed by atoms with van der Waals surface area (Å²) in [6.07, 6.45) is 0. The molecule has 4 heteroatoms. The summed E-state index contributed by atoms with van der Waals surface area (Å²) in [6, 6.07) is 8.82. The number of nitrogens with zero attached hydrogens (tertiary/aromatic N) is 1. The molecule has 1 atom stereocenters. The molecule has 0 aromatic heterocycles. The average molecular weight is 270 g/mol. The highest BCUT2D eigenvalue weighted by Crippen LogP contribution is 2.20. The molecular weight excluding hydrogens is 254 g/mol. The Balaban J connectivity index is 2.09. The molecule has 3 nitrogen and oxygen atoms in total. The highest BCUT2D eigenvalue weighted by Gasteiger charge is 2.17. The number of anilines is 1. The van der Waals surface area contributed by atoms with Crippen LogP contribution in [0.15, 0.2) is 28.7 Å². The Kier molecular flexibility index (Phi) is 3.61. The second-order valence-corrected chi connectivity index (χ2v) is 4.73. The van der Waals surface area contributed by atoms with E-state index in [-0.39, 0.29) is 0 Å². The fraction of sp³-hybridized carbons (Fsp3) is 0.455. The van der Waals surface area contributed by atoms with Gasteiger partial charge in [-0.2, -0.15) is 0 Å². The van der Waals surface area contributed by atoms with Crippen molar-refractivity contribution in [2.45, 2.75) is 6.04 Å². The first-order valence-corrected chi connectivity index (χ1v) is 6.03. The van der Waals surface area contributed by atoms with Crippen molar-refractivity contribution in [3.8, 4) is 0 Å². The molecule has 0 spiro atoms. The Morgan fingerprint density at radius 1 is 1.53 bits per heavy atom. The van der Waals surface area contributed by atoms with Crippen molar-refractivity contribution in [1.82, 2.24) is 5.32 Å². The first kappa shape index (κ1) is 10.9. The van der Waals surface area contributed by atoms with E-state index in [9.17, 15) is 0 Å². The maximum atomic E-state index is 5.68. The van der Waals surface area contributed by atoms with Gasteiger partial charge in [0.1, 0.15) is 0 Å². The maximum absolute atomic E-state index is 5.68. The van der Waals surface area contributed by atoms with Gasteiger partial charge in [0.05, 0.1) is 0 Å². The summed E-state index contributed by atoms with van der Waals surface area (Å²) in [6.45, 7) is 3.75. The molecule has 1 aromatic rings. The van der Waals surface area contributed by atoms with E-state index in [1.165, 1.54) is 5.69 Å². The Morgan fingerprint density at radius 3 is 3.13 bits per heavy atom. The van der Waals surface area contributed by atoms with Gasteiger partial charge in [-0.3, -0.25) is 0 Å². The van der Waals surface area contributed by atoms with Crippen molar-refractivity contribution in [2.24, 2.45) is 5.73 Å². The molecule has 1 fully saturated rings. The summed E-state index contributed by atoms with van der Waals surface area (Å²) >= 11 is 3.49. The molecule has 15 heavy (non-hydrogen) atoms. The van der Waals surface area contributed by atoms with E-state index in [1.807, 2.05) is 6.07 Å². The minimum atomic E-state index is 0.415. The quantitative estimate of drug-likeness (QED) is 0.848. The van der Waals surface area contributed by atoms with Gasteiger partial charge < -0.3 is 16.0 Å². The predicted octanol–water partition coefficient (Wildman–Crippen LogP) is 1.19. The average Bonchev–Trinajstić information content (AvgIpc) is 2.29. The number of rotatable bonds is 2.